The molecule has 0 amide bonds. The molecule has 3 aromatic rings. The summed E-state index contributed by atoms with van der Waals surface area (Å²) < 4.78 is 34.1. The first kappa shape index (κ1) is 20.9. The van der Waals surface area contributed by atoms with Crippen LogP contribution in [0.1, 0.15) is 17.2 Å². The zero-order valence-corrected chi connectivity index (χ0v) is 18.1. The van der Waals surface area contributed by atoms with Gasteiger partial charge in [0, 0.05) is 0 Å². The number of halogens is 2. The first-order chi connectivity index (χ1) is 14.3. The molecule has 1 aliphatic heterocycles. The summed E-state index contributed by atoms with van der Waals surface area (Å²) in [6, 6.07) is 18.6. The van der Waals surface area contributed by atoms with Crippen LogP contribution in [-0.2, 0) is 19.6 Å². The number of benzene rings is 3. The van der Waals surface area contributed by atoms with E-state index in [1.54, 1.807) is 18.2 Å². The lowest BCUT2D eigenvalue weighted by molar-refractivity contribution is -0.140. The van der Waals surface area contributed by atoms with Crippen molar-refractivity contribution in [3.63, 3.8) is 0 Å². The molecule has 0 aromatic heterocycles. The number of sulfonamides is 1. The number of cyclic esters (lactones) is 1. The lowest BCUT2D eigenvalue weighted by Gasteiger charge is -2.25. The first-order valence-electron chi connectivity index (χ1n) is 9.10. The Bertz CT molecular complexity index is 1270. The van der Waals surface area contributed by atoms with E-state index in [0.29, 0.717) is 5.56 Å². The Labute approximate surface area is 184 Å². The van der Waals surface area contributed by atoms with Crippen LogP contribution in [0.3, 0.4) is 0 Å². The van der Waals surface area contributed by atoms with Gasteiger partial charge in [-0.15, -0.1) is 0 Å². The zero-order chi connectivity index (χ0) is 21.5. The molecule has 2 atom stereocenters. The van der Waals surface area contributed by atoms with E-state index < -0.39 is 28.1 Å². The van der Waals surface area contributed by atoms with E-state index in [1.165, 1.54) is 12.1 Å². The minimum atomic E-state index is -3.94. The highest BCUT2D eigenvalue weighted by Gasteiger charge is 2.40. The van der Waals surface area contributed by atoms with Crippen LogP contribution in [0.5, 0.6) is 0 Å². The fourth-order valence-corrected chi connectivity index (χ4v) is 4.94. The van der Waals surface area contributed by atoms with Gasteiger partial charge in [0.25, 0.3) is 0 Å². The van der Waals surface area contributed by atoms with E-state index in [2.05, 4.69) is 4.72 Å². The van der Waals surface area contributed by atoms with E-state index in [-0.39, 0.29) is 15.0 Å². The van der Waals surface area contributed by atoms with Gasteiger partial charge in [-0.05, 0) is 41.5 Å². The molecule has 4 rings (SSSR count). The van der Waals surface area contributed by atoms with E-state index in [9.17, 15) is 13.2 Å². The topological polar surface area (TPSA) is 72.5 Å². The number of nitrogens with one attached hydrogen (secondary N) is 1. The molecular formula is C22H17Cl2NO4S. The van der Waals surface area contributed by atoms with E-state index in [4.69, 9.17) is 27.9 Å². The molecule has 0 fully saturated rings. The third kappa shape index (κ3) is 3.96. The van der Waals surface area contributed by atoms with Gasteiger partial charge in [0.2, 0.25) is 10.0 Å². The molecule has 30 heavy (non-hydrogen) atoms. The Hall–Kier alpha value is -2.38. The van der Waals surface area contributed by atoms with Crippen LogP contribution in [0.25, 0.3) is 10.8 Å². The molecule has 8 heteroatoms. The Kier molecular flexibility index (Phi) is 5.59. The molecule has 5 nitrogen and oxygen atoms in total. The average Bonchev–Trinajstić information content (AvgIpc) is 2.99. The van der Waals surface area contributed by atoms with Gasteiger partial charge >= 0.3 is 5.97 Å². The molecule has 3 aromatic carbocycles. The van der Waals surface area contributed by atoms with E-state index in [1.807, 2.05) is 43.3 Å². The fourth-order valence-electron chi connectivity index (χ4n) is 3.31. The van der Waals surface area contributed by atoms with Crippen LogP contribution in [0.4, 0.5) is 0 Å². The van der Waals surface area contributed by atoms with Crippen LogP contribution in [-0.4, -0.2) is 20.5 Å². The largest absolute Gasteiger partial charge is 0.450 e. The molecule has 0 saturated heterocycles. The first-order valence-corrected chi connectivity index (χ1v) is 11.3. The van der Waals surface area contributed by atoms with Crippen molar-refractivity contribution in [2.75, 3.05) is 0 Å². The second-order valence-electron chi connectivity index (χ2n) is 7.01. The Morgan fingerprint density at radius 3 is 2.27 bits per heavy atom. The van der Waals surface area contributed by atoms with Gasteiger partial charge in [0.1, 0.15) is 5.03 Å². The van der Waals surface area contributed by atoms with Crippen molar-refractivity contribution in [2.45, 2.75) is 24.0 Å². The number of hydrogen-bond donors (Lipinski definition) is 1. The maximum atomic E-state index is 13.1. The predicted octanol–water partition coefficient (Wildman–Crippen LogP) is 4.78. The van der Waals surface area contributed by atoms with Gasteiger partial charge in [-0.25, -0.2) is 13.2 Å². The monoisotopic (exact) mass is 461 g/mol. The van der Waals surface area contributed by atoms with Gasteiger partial charge in [-0.2, -0.15) is 4.72 Å². The predicted molar refractivity (Wildman–Crippen MR) is 117 cm³/mol. The second kappa shape index (κ2) is 8.04. The number of carbonyl (C=O) groups excluding carboxylic acids is 1. The summed E-state index contributed by atoms with van der Waals surface area (Å²) in [5, 5.41) is 1.61. The SMILES string of the molecule is Cc1ccc(S(=O)(=O)N[C@H](c2ccc3ccccc3c2)[C@@H]2OC(=O)C(Cl)=C2Cl)cc1. The van der Waals surface area contributed by atoms with Crippen molar-refractivity contribution in [1.82, 2.24) is 4.72 Å². The summed E-state index contributed by atoms with van der Waals surface area (Å²) >= 11 is 12.2. The van der Waals surface area contributed by atoms with Crippen LogP contribution < -0.4 is 4.72 Å². The standard InChI is InChI=1S/C22H17Cl2NO4S/c1-13-6-10-17(11-7-13)30(27,28)25-20(21-18(23)19(24)22(26)29-21)16-9-8-14-4-2-3-5-15(14)12-16/h2-12,20-21,25H,1H3/t20-,21-/m1/s1. The molecule has 0 bridgehead atoms. The van der Waals surface area contributed by atoms with Gasteiger partial charge in [0.05, 0.1) is 16.0 Å². The van der Waals surface area contributed by atoms with Crippen molar-refractivity contribution in [3.8, 4) is 0 Å². The highest BCUT2D eigenvalue weighted by Crippen LogP contribution is 2.37. The second-order valence-corrected chi connectivity index (χ2v) is 9.51. The van der Waals surface area contributed by atoms with E-state index in [0.717, 1.165) is 16.3 Å². The number of aryl methyl sites for hydroxylation is 1. The number of fused-ring (bicyclic) bond motifs is 1. The molecule has 0 aliphatic carbocycles. The summed E-state index contributed by atoms with van der Waals surface area (Å²) in [5.41, 5.74) is 1.52. The Morgan fingerprint density at radius 2 is 1.63 bits per heavy atom. The normalized spacial score (nSPS) is 18.0. The van der Waals surface area contributed by atoms with Gasteiger partial charge in [0.15, 0.2) is 6.10 Å². The lowest BCUT2D eigenvalue weighted by atomic mass is 9.99. The molecule has 1 aliphatic rings. The van der Waals surface area contributed by atoms with Crippen molar-refractivity contribution in [2.24, 2.45) is 0 Å². The molecule has 0 saturated carbocycles. The third-order valence-electron chi connectivity index (χ3n) is 4.92. The number of ether oxygens (including phenoxy) is 1. The maximum Gasteiger partial charge on any atom is 0.351 e. The van der Waals surface area contributed by atoms with Crippen LogP contribution >= 0.6 is 23.2 Å². The Morgan fingerprint density at radius 1 is 0.967 bits per heavy atom. The summed E-state index contributed by atoms with van der Waals surface area (Å²) in [4.78, 5) is 12.0. The maximum absolute atomic E-state index is 13.1. The molecule has 1 N–H and O–H groups in total. The van der Waals surface area contributed by atoms with Crippen molar-refractivity contribution in [1.29, 1.82) is 0 Å². The smallest absolute Gasteiger partial charge is 0.351 e. The summed E-state index contributed by atoms with van der Waals surface area (Å²) in [6.07, 6.45) is -1.08. The summed E-state index contributed by atoms with van der Waals surface area (Å²) in [6.45, 7) is 1.87. The lowest BCUT2D eigenvalue weighted by Crippen LogP contribution is -2.37. The van der Waals surface area contributed by atoms with Crippen LogP contribution in [0, 0.1) is 6.92 Å². The van der Waals surface area contributed by atoms with Gasteiger partial charge < -0.3 is 4.74 Å². The van der Waals surface area contributed by atoms with Crippen molar-refractivity contribution < 1.29 is 17.9 Å². The summed E-state index contributed by atoms with van der Waals surface area (Å²) in [5.74, 6) is -0.785. The minimum Gasteiger partial charge on any atom is -0.450 e. The minimum absolute atomic E-state index is 0.0357. The highest BCUT2D eigenvalue weighted by atomic mass is 35.5. The molecule has 0 radical (unpaired) electrons. The number of carbonyl (C=O) groups is 1. The number of esters is 1. The fraction of sp³-hybridized carbons (Fsp3) is 0.136. The quantitative estimate of drug-likeness (QED) is 0.554. The zero-order valence-electron chi connectivity index (χ0n) is 15.8. The van der Waals surface area contributed by atoms with Crippen molar-refractivity contribution >= 4 is 50.0 Å². The van der Waals surface area contributed by atoms with Crippen molar-refractivity contribution in [3.05, 3.63) is 87.9 Å². The average molecular weight is 462 g/mol. The number of hydrogen-bond acceptors (Lipinski definition) is 4. The highest BCUT2D eigenvalue weighted by molar-refractivity contribution is 7.89. The number of rotatable bonds is 5. The molecule has 0 spiro atoms. The van der Waals surface area contributed by atoms with Gasteiger partial charge in [-0.3, -0.25) is 0 Å². The summed E-state index contributed by atoms with van der Waals surface area (Å²) in [7, 11) is -3.94. The third-order valence-corrected chi connectivity index (χ3v) is 7.24. The molecule has 154 valence electrons. The molecule has 1 heterocycles. The molecular weight excluding hydrogens is 445 g/mol. The van der Waals surface area contributed by atoms with Gasteiger partial charge in [-0.1, -0.05) is 77.3 Å². The van der Waals surface area contributed by atoms with E-state index >= 15 is 0 Å². The van der Waals surface area contributed by atoms with Crippen LogP contribution in [0.2, 0.25) is 0 Å². The molecule has 0 unspecified atom stereocenters. The Balaban J connectivity index is 1.79. The van der Waals surface area contributed by atoms with Crippen LogP contribution in [0.15, 0.2) is 81.7 Å².